The zero-order valence-corrected chi connectivity index (χ0v) is 29.8. The topological polar surface area (TPSA) is 16.4 Å². The predicted molar refractivity (Wildman–Crippen MR) is 222 cm³/mol. The Bertz CT molecular complexity index is 2670. The van der Waals surface area contributed by atoms with Crippen LogP contribution in [0.1, 0.15) is 25.0 Å². The van der Waals surface area contributed by atoms with E-state index < -0.39 is 0 Å². The van der Waals surface area contributed by atoms with Crippen LogP contribution < -0.4 is 4.90 Å². The molecule has 0 atom stereocenters. The van der Waals surface area contributed by atoms with E-state index >= 15 is 0 Å². The number of anilines is 3. The third-order valence-corrected chi connectivity index (χ3v) is 11.1. The first-order valence-corrected chi connectivity index (χ1v) is 18.4. The maximum absolute atomic E-state index is 6.69. The van der Waals surface area contributed by atoms with Crippen molar-refractivity contribution in [2.24, 2.45) is 0 Å². The molecular weight excluding hydrogens is 643 g/mol. The van der Waals surface area contributed by atoms with E-state index in [1.165, 1.54) is 55.6 Å². The fraction of sp³-hybridized carbons (Fsp3) is 0.0588. The molecule has 0 N–H and O–H groups in total. The Morgan fingerprint density at radius 2 is 0.830 bits per heavy atom. The summed E-state index contributed by atoms with van der Waals surface area (Å²) >= 11 is 0. The smallest absolute Gasteiger partial charge is 0.159 e. The van der Waals surface area contributed by atoms with Gasteiger partial charge in [0.25, 0.3) is 0 Å². The number of fused-ring (bicyclic) bond motifs is 5. The van der Waals surface area contributed by atoms with Crippen LogP contribution in [0.15, 0.2) is 192 Å². The zero-order chi connectivity index (χ0) is 35.5. The Morgan fingerprint density at radius 1 is 0.377 bits per heavy atom. The van der Waals surface area contributed by atoms with Crippen LogP contribution in [-0.2, 0) is 5.41 Å². The molecule has 0 fully saturated rings. The number of nitrogens with zero attached hydrogens (tertiary/aromatic N) is 1. The summed E-state index contributed by atoms with van der Waals surface area (Å²) in [7, 11) is 0. The molecular formula is C51H37NO. The molecule has 0 bridgehead atoms. The fourth-order valence-corrected chi connectivity index (χ4v) is 8.45. The van der Waals surface area contributed by atoms with Gasteiger partial charge in [0.05, 0.1) is 17.1 Å². The summed E-state index contributed by atoms with van der Waals surface area (Å²) in [5.41, 5.74) is 17.1. The molecule has 0 unspecified atom stereocenters. The number of rotatable bonds is 5. The van der Waals surface area contributed by atoms with Gasteiger partial charge in [-0.25, -0.2) is 0 Å². The SMILES string of the molecule is CC1(C)c2cc(-c3ccccc3-c3ccccc3)ccc2N(c2cccc3c2oc2ccccc23)c2ccc(-c3ccccc3-c3ccccc3)cc21. The first-order valence-electron chi connectivity index (χ1n) is 18.4. The number of para-hydroxylation sites is 2. The maximum atomic E-state index is 6.69. The molecule has 0 saturated carbocycles. The van der Waals surface area contributed by atoms with Crippen molar-refractivity contribution in [3.05, 3.63) is 199 Å². The third-order valence-electron chi connectivity index (χ3n) is 11.1. The molecule has 10 rings (SSSR count). The summed E-state index contributed by atoms with van der Waals surface area (Å²) in [5.74, 6) is 0. The van der Waals surface area contributed by atoms with Crippen molar-refractivity contribution in [1.29, 1.82) is 0 Å². The van der Waals surface area contributed by atoms with E-state index in [4.69, 9.17) is 4.42 Å². The molecule has 0 amide bonds. The molecule has 1 aliphatic heterocycles. The molecule has 9 aromatic rings. The monoisotopic (exact) mass is 679 g/mol. The van der Waals surface area contributed by atoms with Crippen LogP contribution in [0.4, 0.5) is 17.1 Å². The zero-order valence-electron chi connectivity index (χ0n) is 29.8. The molecule has 0 spiro atoms. The summed E-state index contributed by atoms with van der Waals surface area (Å²) in [6, 6.07) is 67.9. The number of benzene rings is 8. The second-order valence-electron chi connectivity index (χ2n) is 14.5. The average Bonchev–Trinajstić information content (AvgIpc) is 3.61. The highest BCUT2D eigenvalue weighted by molar-refractivity contribution is 6.11. The highest BCUT2D eigenvalue weighted by atomic mass is 16.3. The van der Waals surface area contributed by atoms with Gasteiger partial charge in [0, 0.05) is 16.2 Å². The molecule has 0 aliphatic carbocycles. The molecule has 2 nitrogen and oxygen atoms in total. The van der Waals surface area contributed by atoms with Gasteiger partial charge in [-0.3, -0.25) is 0 Å². The van der Waals surface area contributed by atoms with Crippen LogP contribution >= 0.6 is 0 Å². The Morgan fingerprint density at radius 3 is 1.38 bits per heavy atom. The van der Waals surface area contributed by atoms with Crippen LogP contribution in [0.3, 0.4) is 0 Å². The highest BCUT2D eigenvalue weighted by Gasteiger charge is 2.38. The number of hydrogen-bond donors (Lipinski definition) is 0. The molecule has 2 heterocycles. The minimum atomic E-state index is -0.321. The van der Waals surface area contributed by atoms with E-state index in [-0.39, 0.29) is 5.41 Å². The molecule has 0 radical (unpaired) electrons. The summed E-state index contributed by atoms with van der Waals surface area (Å²) in [6.07, 6.45) is 0. The molecule has 8 aromatic carbocycles. The minimum absolute atomic E-state index is 0.321. The Hall–Kier alpha value is -6.64. The van der Waals surface area contributed by atoms with Crippen molar-refractivity contribution in [2.75, 3.05) is 4.90 Å². The largest absolute Gasteiger partial charge is 0.454 e. The third kappa shape index (κ3) is 5.02. The van der Waals surface area contributed by atoms with E-state index in [1.807, 2.05) is 6.07 Å². The summed E-state index contributed by atoms with van der Waals surface area (Å²) in [5, 5.41) is 2.25. The second kappa shape index (κ2) is 12.3. The molecule has 1 aromatic heterocycles. The lowest BCUT2D eigenvalue weighted by molar-refractivity contribution is 0.631. The summed E-state index contributed by atoms with van der Waals surface area (Å²) < 4.78 is 6.69. The van der Waals surface area contributed by atoms with E-state index in [2.05, 4.69) is 201 Å². The van der Waals surface area contributed by atoms with Gasteiger partial charge in [0.1, 0.15) is 5.58 Å². The summed E-state index contributed by atoms with van der Waals surface area (Å²) in [4.78, 5) is 2.43. The predicted octanol–water partition coefficient (Wildman–Crippen LogP) is 14.4. The van der Waals surface area contributed by atoms with Crippen LogP contribution in [0.2, 0.25) is 0 Å². The van der Waals surface area contributed by atoms with Crippen molar-refractivity contribution >= 4 is 39.0 Å². The molecule has 53 heavy (non-hydrogen) atoms. The van der Waals surface area contributed by atoms with Crippen molar-refractivity contribution in [2.45, 2.75) is 19.3 Å². The molecule has 252 valence electrons. The van der Waals surface area contributed by atoms with Gasteiger partial charge in [0.2, 0.25) is 0 Å². The van der Waals surface area contributed by atoms with Crippen LogP contribution in [0.5, 0.6) is 0 Å². The molecule has 1 aliphatic rings. The van der Waals surface area contributed by atoms with Gasteiger partial charge in [-0.15, -0.1) is 0 Å². The Balaban J connectivity index is 1.22. The van der Waals surface area contributed by atoms with Gasteiger partial charge < -0.3 is 9.32 Å². The molecule has 0 saturated heterocycles. The van der Waals surface area contributed by atoms with Crippen molar-refractivity contribution in [3.63, 3.8) is 0 Å². The average molecular weight is 680 g/mol. The lowest BCUT2D eigenvalue weighted by Crippen LogP contribution is -2.30. The van der Waals surface area contributed by atoms with Crippen molar-refractivity contribution in [1.82, 2.24) is 0 Å². The van der Waals surface area contributed by atoms with E-state index in [1.54, 1.807) is 0 Å². The first kappa shape index (κ1) is 31.1. The Kier molecular flexibility index (Phi) is 7.19. The second-order valence-corrected chi connectivity index (χ2v) is 14.5. The van der Waals surface area contributed by atoms with Gasteiger partial charge in [-0.2, -0.15) is 0 Å². The normalized spacial score (nSPS) is 13.2. The number of furan rings is 1. The van der Waals surface area contributed by atoms with Crippen LogP contribution in [0, 0.1) is 0 Å². The standard InChI is InChI=1S/C51H37NO/c1-51(2)44-32-36(40-22-11-9-20-38(40)34-16-5-3-6-17-34)28-30-46(44)52(48-26-15-25-43-42-24-13-14-27-49(42)53-50(43)48)47-31-29-37(33-45(47)51)41-23-12-10-21-39(41)35-18-7-4-8-19-35/h3-33H,1-2H3. The Labute approximate surface area is 310 Å². The van der Waals surface area contributed by atoms with Gasteiger partial charge in [-0.05, 0) is 92.0 Å². The quantitative estimate of drug-likeness (QED) is 0.180. The van der Waals surface area contributed by atoms with Crippen LogP contribution in [0.25, 0.3) is 66.4 Å². The van der Waals surface area contributed by atoms with Crippen molar-refractivity contribution in [3.8, 4) is 44.5 Å². The van der Waals surface area contributed by atoms with Gasteiger partial charge >= 0.3 is 0 Å². The lowest BCUT2D eigenvalue weighted by atomic mass is 9.72. The van der Waals surface area contributed by atoms with E-state index in [9.17, 15) is 0 Å². The fourth-order valence-electron chi connectivity index (χ4n) is 8.45. The molecule has 2 heteroatoms. The van der Waals surface area contributed by atoms with Gasteiger partial charge in [0.15, 0.2) is 5.58 Å². The van der Waals surface area contributed by atoms with E-state index in [0.29, 0.717) is 0 Å². The van der Waals surface area contributed by atoms with E-state index in [0.717, 1.165) is 39.0 Å². The van der Waals surface area contributed by atoms with Gasteiger partial charge in [-0.1, -0.05) is 166 Å². The maximum Gasteiger partial charge on any atom is 0.159 e. The lowest BCUT2D eigenvalue weighted by Gasteiger charge is -2.42. The van der Waals surface area contributed by atoms with Crippen molar-refractivity contribution < 1.29 is 4.42 Å². The number of hydrogen-bond acceptors (Lipinski definition) is 2. The first-order chi connectivity index (χ1) is 26.1. The highest BCUT2D eigenvalue weighted by Crippen LogP contribution is 2.55. The summed E-state index contributed by atoms with van der Waals surface area (Å²) in [6.45, 7) is 4.76. The van der Waals surface area contributed by atoms with Crippen LogP contribution in [-0.4, -0.2) is 0 Å². The minimum Gasteiger partial charge on any atom is -0.454 e.